The van der Waals surface area contributed by atoms with E-state index in [0.717, 1.165) is 0 Å². The summed E-state index contributed by atoms with van der Waals surface area (Å²) in [6.45, 7) is 1.46. The molecule has 0 aliphatic carbocycles. The molecule has 1 atom stereocenters. The highest BCUT2D eigenvalue weighted by Crippen LogP contribution is 2.31. The number of aliphatic carboxylic acids is 1. The highest BCUT2D eigenvalue weighted by atomic mass is 32.2. The van der Waals surface area contributed by atoms with Gasteiger partial charge in [-0.3, -0.25) is 21.3 Å². The molecular formula is C26H26F3N7O8S2. The van der Waals surface area contributed by atoms with Gasteiger partial charge in [0.05, 0.1) is 16.2 Å². The first kappa shape index (κ1) is 35.5. The lowest BCUT2D eigenvalue weighted by molar-refractivity contribution is -0.344. The van der Waals surface area contributed by atoms with E-state index in [1.54, 1.807) is 30.3 Å². The molecule has 2 aromatic carbocycles. The highest BCUT2D eigenvalue weighted by Gasteiger charge is 2.50. The Balaban J connectivity index is 0.000000738. The highest BCUT2D eigenvalue weighted by molar-refractivity contribution is 7.91. The molecule has 1 unspecified atom stereocenters. The second-order valence-corrected chi connectivity index (χ2v) is 13.5. The summed E-state index contributed by atoms with van der Waals surface area (Å²) in [5.74, 6) is -4.76. The summed E-state index contributed by atoms with van der Waals surface area (Å²) in [5.41, 5.74) is 5.82. The fourth-order valence-corrected chi connectivity index (χ4v) is 5.89. The van der Waals surface area contributed by atoms with Gasteiger partial charge in [0.1, 0.15) is 11.7 Å². The number of carboxylic acids is 1. The van der Waals surface area contributed by atoms with Crippen LogP contribution in [0.25, 0.3) is 11.1 Å². The summed E-state index contributed by atoms with van der Waals surface area (Å²) in [6, 6.07) is 12.8. The molecule has 4 rings (SSSR count). The first-order valence-electron chi connectivity index (χ1n) is 12.8. The standard InChI is InChI=1S/C24H25N7O6S2.C2HF3O2/c1-2-38(33,34)14-24(11-19(31-37-24)15-6-5-7-16(10-15)21(25)26)22(32)30-23-28-12-17(13-29-23)18-8-3-4-9-20(18)39(27,35)36;3-2(4,5)1(6)7/h3-10,12-13H,2,11,14H2,1H3,(H3,25,26)(H2,27,35,36)(H,28,29,30,32);(H,6,7). The van der Waals surface area contributed by atoms with Gasteiger partial charge in [-0.2, -0.15) is 13.2 Å². The summed E-state index contributed by atoms with van der Waals surface area (Å²) in [4.78, 5) is 35.8. The number of carbonyl (C=O) groups is 2. The van der Waals surface area contributed by atoms with Gasteiger partial charge < -0.3 is 14.7 Å². The third kappa shape index (κ3) is 8.82. The van der Waals surface area contributed by atoms with Crippen LogP contribution in [0.3, 0.4) is 0 Å². The van der Waals surface area contributed by atoms with E-state index >= 15 is 0 Å². The number of aromatic nitrogens is 2. The number of oxime groups is 1. The average Bonchev–Trinajstić information content (AvgIpc) is 3.41. The number of carboxylic acid groups (broad SMARTS) is 1. The lowest BCUT2D eigenvalue weighted by Gasteiger charge is -2.24. The molecule has 3 aromatic rings. The van der Waals surface area contributed by atoms with Crippen LogP contribution in [-0.2, 0) is 34.3 Å². The summed E-state index contributed by atoms with van der Waals surface area (Å²) in [5, 5.41) is 26.3. The van der Waals surface area contributed by atoms with E-state index in [4.69, 9.17) is 31.0 Å². The fraction of sp³-hybridized carbons (Fsp3) is 0.231. The number of sulfone groups is 1. The number of amidine groups is 1. The van der Waals surface area contributed by atoms with Crippen molar-refractivity contribution in [3.8, 4) is 11.1 Å². The van der Waals surface area contributed by atoms with Crippen LogP contribution in [0.4, 0.5) is 19.1 Å². The van der Waals surface area contributed by atoms with Gasteiger partial charge in [-0.15, -0.1) is 0 Å². The van der Waals surface area contributed by atoms with Crippen LogP contribution in [0.15, 0.2) is 71.0 Å². The molecule has 1 aliphatic heterocycles. The molecule has 0 fully saturated rings. The Hall–Kier alpha value is -4.95. The van der Waals surface area contributed by atoms with Crippen LogP contribution in [0, 0.1) is 0 Å². The summed E-state index contributed by atoms with van der Waals surface area (Å²) in [6.07, 6.45) is -2.75. The second kappa shape index (κ2) is 13.6. The zero-order valence-corrected chi connectivity index (χ0v) is 25.3. The predicted octanol–water partition coefficient (Wildman–Crippen LogP) is -1.51. The summed E-state index contributed by atoms with van der Waals surface area (Å²) >= 11 is 0. The largest absolute Gasteiger partial charge is 0.542 e. The number of primary sulfonamides is 1. The first-order chi connectivity index (χ1) is 21.3. The number of halogens is 3. The van der Waals surface area contributed by atoms with Crippen molar-refractivity contribution in [2.24, 2.45) is 16.0 Å². The van der Waals surface area contributed by atoms with Gasteiger partial charge in [0.25, 0.3) is 11.7 Å². The lowest BCUT2D eigenvalue weighted by Crippen LogP contribution is -2.49. The van der Waals surface area contributed by atoms with Gasteiger partial charge in [0, 0.05) is 41.3 Å². The molecule has 1 amide bonds. The minimum atomic E-state index is -5.19. The van der Waals surface area contributed by atoms with Crippen molar-refractivity contribution in [3.63, 3.8) is 0 Å². The van der Waals surface area contributed by atoms with Crippen LogP contribution in [0.2, 0.25) is 0 Å². The summed E-state index contributed by atoms with van der Waals surface area (Å²) in [7, 11) is -7.71. The van der Waals surface area contributed by atoms with Gasteiger partial charge >= 0.3 is 6.18 Å². The maximum Gasteiger partial charge on any atom is 0.430 e. The van der Waals surface area contributed by atoms with Crippen molar-refractivity contribution in [1.29, 1.82) is 0 Å². The Morgan fingerprint density at radius 3 is 2.22 bits per heavy atom. The normalized spacial score (nSPS) is 16.3. The number of carbonyl (C=O) groups excluding carboxylic acids is 2. The van der Waals surface area contributed by atoms with Gasteiger partial charge in [-0.05, 0) is 18.2 Å². The van der Waals surface area contributed by atoms with Crippen molar-refractivity contribution >= 4 is 49.2 Å². The molecule has 0 spiro atoms. The number of benzene rings is 2. The molecule has 1 aliphatic rings. The molecule has 7 N–H and O–H groups in total. The van der Waals surface area contributed by atoms with Crippen molar-refractivity contribution < 1.29 is 54.9 Å². The number of rotatable bonds is 9. The van der Waals surface area contributed by atoms with Crippen LogP contribution in [0.1, 0.15) is 24.5 Å². The Morgan fingerprint density at radius 1 is 1.07 bits per heavy atom. The zero-order valence-electron chi connectivity index (χ0n) is 23.7. The van der Waals surface area contributed by atoms with Gasteiger partial charge in [0.15, 0.2) is 9.84 Å². The Bertz CT molecular complexity index is 1900. The number of nitrogens with two attached hydrogens (primary N) is 3. The number of alkyl halides is 3. The second-order valence-electron chi connectivity index (χ2n) is 9.59. The van der Waals surface area contributed by atoms with Crippen molar-refractivity contribution in [3.05, 3.63) is 72.1 Å². The minimum absolute atomic E-state index is 0.0845. The molecular weight excluding hydrogens is 659 g/mol. The van der Waals surface area contributed by atoms with Crippen LogP contribution >= 0.6 is 0 Å². The van der Waals surface area contributed by atoms with Crippen LogP contribution in [-0.4, -0.2) is 73.5 Å². The predicted molar refractivity (Wildman–Crippen MR) is 154 cm³/mol. The maximum absolute atomic E-state index is 13.4. The molecule has 15 nitrogen and oxygen atoms in total. The maximum atomic E-state index is 13.4. The third-order valence-corrected chi connectivity index (χ3v) is 8.99. The van der Waals surface area contributed by atoms with E-state index in [1.165, 1.54) is 37.5 Å². The Kier molecular flexibility index (Phi) is 10.5. The average molecular weight is 686 g/mol. The van der Waals surface area contributed by atoms with Gasteiger partial charge in [-0.1, -0.05) is 42.4 Å². The zero-order chi connectivity index (χ0) is 34.5. The molecule has 1 aromatic heterocycles. The van der Waals surface area contributed by atoms with E-state index < -0.39 is 49.3 Å². The van der Waals surface area contributed by atoms with E-state index in [2.05, 4.69) is 20.4 Å². The van der Waals surface area contributed by atoms with Crippen LogP contribution in [0.5, 0.6) is 0 Å². The first-order valence-corrected chi connectivity index (χ1v) is 16.1. The van der Waals surface area contributed by atoms with Gasteiger partial charge in [-0.25, -0.2) is 31.9 Å². The SMILES string of the molecule is CCS(=O)(=O)CC1(C(=O)Nc2ncc(-c3ccccc3S(N)(=O)=O)cn2)CC(c2cccc(C(N)=[NH2+])c2)=NO1.O=C([O-])C(F)(F)F. The van der Waals surface area contributed by atoms with E-state index in [-0.39, 0.29) is 34.4 Å². The minimum Gasteiger partial charge on any atom is -0.542 e. The van der Waals surface area contributed by atoms with Crippen LogP contribution < -0.4 is 26.7 Å². The monoisotopic (exact) mass is 685 g/mol. The number of anilines is 1. The molecule has 2 heterocycles. The van der Waals surface area contributed by atoms with Crippen molar-refractivity contribution in [2.45, 2.75) is 30.0 Å². The molecule has 246 valence electrons. The number of sulfonamides is 1. The number of amides is 1. The summed E-state index contributed by atoms with van der Waals surface area (Å²) < 4.78 is 80.6. The number of hydrogen-bond acceptors (Lipinski definition) is 11. The molecule has 0 saturated heterocycles. The number of nitrogens with one attached hydrogen (secondary N) is 1. The molecule has 0 bridgehead atoms. The van der Waals surface area contributed by atoms with E-state index in [1.807, 2.05) is 0 Å². The van der Waals surface area contributed by atoms with E-state index in [0.29, 0.717) is 22.4 Å². The smallest absolute Gasteiger partial charge is 0.430 e. The fourth-order valence-electron chi connectivity index (χ4n) is 3.93. The topological polar surface area (TPSA) is 263 Å². The van der Waals surface area contributed by atoms with Crippen molar-refractivity contribution in [1.82, 2.24) is 9.97 Å². The van der Waals surface area contributed by atoms with Crippen molar-refractivity contribution in [2.75, 3.05) is 16.8 Å². The molecule has 20 heteroatoms. The Morgan fingerprint density at radius 2 is 1.67 bits per heavy atom. The van der Waals surface area contributed by atoms with E-state index in [9.17, 15) is 34.8 Å². The molecule has 46 heavy (non-hydrogen) atoms. The molecule has 0 saturated carbocycles. The molecule has 0 radical (unpaired) electrons. The lowest BCUT2D eigenvalue weighted by atomic mass is 9.94. The Labute approximate surface area is 260 Å². The number of nitrogens with zero attached hydrogens (tertiary/aromatic N) is 3. The quantitative estimate of drug-likeness (QED) is 0.149. The third-order valence-electron chi connectivity index (χ3n) is 6.23. The van der Waals surface area contributed by atoms with Gasteiger partial charge in [0.2, 0.25) is 21.6 Å². The number of hydrogen-bond donors (Lipinski definition) is 4.